The average molecular weight is 211 g/mol. The van der Waals surface area contributed by atoms with Crippen molar-refractivity contribution in [2.24, 2.45) is 0 Å². The molecule has 0 saturated carbocycles. The zero-order valence-corrected chi connectivity index (χ0v) is 9.24. The van der Waals surface area contributed by atoms with E-state index in [-0.39, 0.29) is 0 Å². The minimum absolute atomic E-state index is 0.417. The second-order valence-electron chi connectivity index (χ2n) is 5.01. The molecule has 3 saturated heterocycles. The van der Waals surface area contributed by atoms with Gasteiger partial charge in [-0.2, -0.15) is 0 Å². The van der Waals surface area contributed by atoms with E-state index in [1.165, 1.54) is 19.4 Å². The van der Waals surface area contributed by atoms with Gasteiger partial charge in [0.25, 0.3) is 0 Å². The summed E-state index contributed by atoms with van der Waals surface area (Å²) in [4.78, 5) is 2.61. The lowest BCUT2D eigenvalue weighted by molar-refractivity contribution is -0.0483. The van der Waals surface area contributed by atoms with Crippen molar-refractivity contribution in [1.82, 2.24) is 15.5 Å². The number of rotatable bonds is 3. The van der Waals surface area contributed by atoms with Crippen LogP contribution in [0, 0.1) is 0 Å². The third kappa shape index (κ3) is 2.18. The van der Waals surface area contributed by atoms with Gasteiger partial charge in [0.1, 0.15) is 0 Å². The number of fused-ring (bicyclic) bond motifs is 1. The highest BCUT2D eigenvalue weighted by atomic mass is 16.5. The van der Waals surface area contributed by atoms with Crippen LogP contribution in [-0.4, -0.2) is 62.4 Å². The number of ether oxygens (including phenoxy) is 1. The summed E-state index contributed by atoms with van der Waals surface area (Å²) >= 11 is 0. The number of hydrogen-bond acceptors (Lipinski definition) is 4. The van der Waals surface area contributed by atoms with Crippen molar-refractivity contribution in [3.8, 4) is 0 Å². The highest BCUT2D eigenvalue weighted by Gasteiger charge is 2.32. The molecule has 4 heteroatoms. The fraction of sp³-hybridized carbons (Fsp3) is 1.00. The van der Waals surface area contributed by atoms with E-state index in [0.29, 0.717) is 12.1 Å². The summed E-state index contributed by atoms with van der Waals surface area (Å²) in [6.07, 6.45) is 3.12. The summed E-state index contributed by atoms with van der Waals surface area (Å²) in [6, 6.07) is 1.41. The molecule has 3 rings (SSSR count). The van der Waals surface area contributed by atoms with E-state index in [4.69, 9.17) is 4.74 Å². The van der Waals surface area contributed by atoms with Crippen molar-refractivity contribution in [2.45, 2.75) is 31.0 Å². The van der Waals surface area contributed by atoms with Crippen LogP contribution in [0.1, 0.15) is 12.8 Å². The highest BCUT2D eigenvalue weighted by Crippen LogP contribution is 2.22. The van der Waals surface area contributed by atoms with Gasteiger partial charge in [-0.15, -0.1) is 0 Å². The summed E-state index contributed by atoms with van der Waals surface area (Å²) in [5, 5.41) is 6.83. The van der Waals surface area contributed by atoms with E-state index >= 15 is 0 Å². The fourth-order valence-corrected chi connectivity index (χ4v) is 2.74. The molecule has 0 amide bonds. The topological polar surface area (TPSA) is 36.5 Å². The van der Waals surface area contributed by atoms with Crippen molar-refractivity contribution in [3.63, 3.8) is 0 Å². The molecule has 0 bridgehead atoms. The molecule has 0 spiro atoms. The molecule has 0 aliphatic carbocycles. The Morgan fingerprint density at radius 1 is 1.40 bits per heavy atom. The SMILES string of the molecule is C1CC2COC(CNC3CNC3)CN2C1. The Bertz CT molecular complexity index is 220. The third-order valence-electron chi connectivity index (χ3n) is 3.88. The molecule has 4 nitrogen and oxygen atoms in total. The molecule has 2 N–H and O–H groups in total. The maximum atomic E-state index is 5.89. The number of nitrogens with zero attached hydrogens (tertiary/aromatic N) is 1. The molecule has 3 aliphatic rings. The largest absolute Gasteiger partial charge is 0.374 e. The Labute approximate surface area is 91.3 Å². The van der Waals surface area contributed by atoms with Gasteiger partial charge in [0.05, 0.1) is 12.7 Å². The van der Waals surface area contributed by atoms with Gasteiger partial charge in [-0.25, -0.2) is 0 Å². The van der Waals surface area contributed by atoms with Crippen molar-refractivity contribution < 1.29 is 4.74 Å². The van der Waals surface area contributed by atoms with Crippen LogP contribution in [0.4, 0.5) is 0 Å². The van der Waals surface area contributed by atoms with Crippen LogP contribution in [-0.2, 0) is 4.74 Å². The monoisotopic (exact) mass is 211 g/mol. The van der Waals surface area contributed by atoms with Gasteiger partial charge in [-0.3, -0.25) is 4.90 Å². The van der Waals surface area contributed by atoms with Gasteiger partial charge in [0.2, 0.25) is 0 Å². The molecule has 3 aliphatic heterocycles. The maximum absolute atomic E-state index is 5.89. The van der Waals surface area contributed by atoms with E-state index < -0.39 is 0 Å². The first-order valence-electron chi connectivity index (χ1n) is 6.21. The Morgan fingerprint density at radius 2 is 2.33 bits per heavy atom. The van der Waals surface area contributed by atoms with Crippen LogP contribution < -0.4 is 10.6 Å². The van der Waals surface area contributed by atoms with Gasteiger partial charge in [-0.05, 0) is 19.4 Å². The molecule has 0 aromatic carbocycles. The van der Waals surface area contributed by atoms with Gasteiger partial charge < -0.3 is 15.4 Å². The summed E-state index contributed by atoms with van der Waals surface area (Å²) in [5.74, 6) is 0. The minimum atomic E-state index is 0.417. The smallest absolute Gasteiger partial charge is 0.0827 e. The minimum Gasteiger partial charge on any atom is -0.374 e. The molecule has 3 fully saturated rings. The maximum Gasteiger partial charge on any atom is 0.0827 e. The van der Waals surface area contributed by atoms with Gasteiger partial charge >= 0.3 is 0 Å². The van der Waals surface area contributed by atoms with Crippen LogP contribution in [0.15, 0.2) is 0 Å². The van der Waals surface area contributed by atoms with Gasteiger partial charge in [0, 0.05) is 38.3 Å². The third-order valence-corrected chi connectivity index (χ3v) is 3.88. The lowest BCUT2D eigenvalue weighted by Gasteiger charge is -2.37. The molecule has 0 aromatic heterocycles. The van der Waals surface area contributed by atoms with Crippen molar-refractivity contribution in [2.75, 3.05) is 39.3 Å². The summed E-state index contributed by atoms with van der Waals surface area (Å²) in [5.41, 5.74) is 0. The summed E-state index contributed by atoms with van der Waals surface area (Å²) < 4.78 is 5.89. The molecule has 2 atom stereocenters. The first kappa shape index (κ1) is 10.0. The van der Waals surface area contributed by atoms with E-state index in [1.54, 1.807) is 0 Å². The molecule has 3 heterocycles. The second-order valence-corrected chi connectivity index (χ2v) is 5.01. The van der Waals surface area contributed by atoms with Crippen LogP contribution in [0.3, 0.4) is 0 Å². The summed E-state index contributed by atoms with van der Waals surface area (Å²) in [7, 11) is 0. The van der Waals surface area contributed by atoms with E-state index in [1.807, 2.05) is 0 Å². The lowest BCUT2D eigenvalue weighted by atomic mass is 10.1. The Hall–Kier alpha value is -0.160. The molecule has 2 unspecified atom stereocenters. The zero-order valence-electron chi connectivity index (χ0n) is 9.24. The van der Waals surface area contributed by atoms with E-state index in [9.17, 15) is 0 Å². The number of nitrogens with one attached hydrogen (secondary N) is 2. The molecule has 15 heavy (non-hydrogen) atoms. The standard InChI is InChI=1S/C11H21N3O/c1-2-10-8-15-11(7-14(10)3-1)6-13-9-4-12-5-9/h9-13H,1-8H2. The molecule has 0 aromatic rings. The molecular formula is C11H21N3O. The van der Waals surface area contributed by atoms with Crippen LogP contribution in [0.5, 0.6) is 0 Å². The normalized spacial score (nSPS) is 37.6. The summed E-state index contributed by atoms with van der Waals surface area (Å²) in [6.45, 7) is 6.65. The van der Waals surface area contributed by atoms with Crippen LogP contribution in [0.2, 0.25) is 0 Å². The first-order chi connectivity index (χ1) is 7.42. The van der Waals surface area contributed by atoms with Crippen molar-refractivity contribution in [3.05, 3.63) is 0 Å². The van der Waals surface area contributed by atoms with Gasteiger partial charge in [0.15, 0.2) is 0 Å². The average Bonchev–Trinajstić information content (AvgIpc) is 2.62. The van der Waals surface area contributed by atoms with Crippen molar-refractivity contribution in [1.29, 1.82) is 0 Å². The predicted molar refractivity (Wildman–Crippen MR) is 59.0 cm³/mol. The van der Waals surface area contributed by atoms with Crippen molar-refractivity contribution >= 4 is 0 Å². The molecule has 86 valence electrons. The van der Waals surface area contributed by atoms with E-state index in [2.05, 4.69) is 15.5 Å². The Balaban J connectivity index is 1.42. The van der Waals surface area contributed by atoms with Crippen LogP contribution in [0.25, 0.3) is 0 Å². The Morgan fingerprint density at radius 3 is 3.13 bits per heavy atom. The molecule has 0 radical (unpaired) electrons. The lowest BCUT2D eigenvalue weighted by Crippen LogP contribution is -2.58. The second kappa shape index (κ2) is 4.37. The first-order valence-corrected chi connectivity index (χ1v) is 6.21. The molecular weight excluding hydrogens is 190 g/mol. The number of morpholine rings is 1. The zero-order chi connectivity index (χ0) is 10.1. The predicted octanol–water partition coefficient (Wildman–Crippen LogP) is -0.589. The van der Waals surface area contributed by atoms with Gasteiger partial charge in [-0.1, -0.05) is 0 Å². The fourth-order valence-electron chi connectivity index (χ4n) is 2.74. The van der Waals surface area contributed by atoms with Crippen LogP contribution >= 0.6 is 0 Å². The number of hydrogen-bond donors (Lipinski definition) is 2. The quantitative estimate of drug-likeness (QED) is 0.654. The Kier molecular flexibility index (Phi) is 2.92. The highest BCUT2D eigenvalue weighted by molar-refractivity contribution is 4.88. The van der Waals surface area contributed by atoms with E-state index in [0.717, 1.165) is 38.8 Å².